The second-order valence-corrected chi connectivity index (χ2v) is 2.80. The fourth-order valence-corrected chi connectivity index (χ4v) is 1.19. The van der Waals surface area contributed by atoms with Crippen molar-refractivity contribution in [2.24, 2.45) is 0 Å². The van der Waals surface area contributed by atoms with Crippen LogP contribution in [-0.2, 0) is 11.2 Å². The average Bonchev–Trinajstić information content (AvgIpc) is 2.20. The number of carbonyl (C=O) groups is 1. The van der Waals surface area contributed by atoms with Crippen molar-refractivity contribution in [3.05, 3.63) is 42.0 Å². The molecule has 0 bridgehead atoms. The van der Waals surface area contributed by atoms with Crippen LogP contribution < -0.4 is 0 Å². The molecule has 0 radical (unpaired) electrons. The Bertz CT molecular complexity index is 356. The van der Waals surface area contributed by atoms with Crippen LogP contribution in [-0.4, -0.2) is 18.2 Å². The molecule has 0 amide bonds. The van der Waals surface area contributed by atoms with Crippen LogP contribution in [0.25, 0.3) is 0 Å². The lowest BCUT2D eigenvalue weighted by atomic mass is 10.1. The van der Waals surface area contributed by atoms with E-state index in [1.165, 1.54) is 13.2 Å². The zero-order chi connectivity index (χ0) is 10.6. The minimum Gasteiger partial charge on any atom is -0.507 e. The second-order valence-electron chi connectivity index (χ2n) is 2.80. The van der Waals surface area contributed by atoms with E-state index in [1.54, 1.807) is 18.2 Å². The Hall–Kier alpha value is -1.77. The Morgan fingerprint density at radius 3 is 2.93 bits per heavy atom. The highest BCUT2D eigenvalue weighted by molar-refractivity contribution is 5.92. The molecule has 1 rings (SSSR count). The van der Waals surface area contributed by atoms with Gasteiger partial charge in [-0.15, -0.1) is 6.58 Å². The largest absolute Gasteiger partial charge is 0.507 e. The van der Waals surface area contributed by atoms with E-state index in [0.717, 1.165) is 0 Å². The number of methoxy groups -OCH3 is 1. The number of benzene rings is 1. The van der Waals surface area contributed by atoms with Gasteiger partial charge in [-0.3, -0.25) is 0 Å². The second kappa shape index (κ2) is 4.46. The summed E-state index contributed by atoms with van der Waals surface area (Å²) >= 11 is 0. The van der Waals surface area contributed by atoms with Crippen molar-refractivity contribution < 1.29 is 14.6 Å². The van der Waals surface area contributed by atoms with E-state index in [9.17, 15) is 9.90 Å². The summed E-state index contributed by atoms with van der Waals surface area (Å²) in [6.07, 6.45) is 2.19. The molecule has 0 fully saturated rings. The lowest BCUT2D eigenvalue weighted by Crippen LogP contribution is -2.02. The number of esters is 1. The predicted octanol–water partition coefficient (Wildman–Crippen LogP) is 1.91. The van der Waals surface area contributed by atoms with Crippen LogP contribution in [0.2, 0.25) is 0 Å². The minimum atomic E-state index is -0.534. The molecule has 0 atom stereocenters. The molecule has 0 saturated heterocycles. The number of hydrogen-bond acceptors (Lipinski definition) is 3. The molecule has 0 aliphatic carbocycles. The molecule has 1 N–H and O–H groups in total. The maximum absolute atomic E-state index is 11.2. The van der Waals surface area contributed by atoms with Gasteiger partial charge in [-0.2, -0.15) is 0 Å². The van der Waals surface area contributed by atoms with Gasteiger partial charge in [0.2, 0.25) is 0 Å². The number of carbonyl (C=O) groups excluding carboxylic acids is 1. The first-order chi connectivity index (χ1) is 6.70. The molecule has 1 aromatic rings. The zero-order valence-electron chi connectivity index (χ0n) is 7.99. The van der Waals surface area contributed by atoms with Crippen LogP contribution in [0.3, 0.4) is 0 Å². The summed E-state index contributed by atoms with van der Waals surface area (Å²) in [7, 11) is 1.28. The number of allylic oxidation sites excluding steroid dienone is 1. The van der Waals surface area contributed by atoms with Crippen molar-refractivity contribution in [2.45, 2.75) is 6.42 Å². The summed E-state index contributed by atoms with van der Waals surface area (Å²) < 4.78 is 4.53. The topological polar surface area (TPSA) is 46.5 Å². The number of ether oxygens (including phenoxy) is 1. The van der Waals surface area contributed by atoms with Gasteiger partial charge >= 0.3 is 5.97 Å². The molecule has 0 spiro atoms. The third kappa shape index (κ3) is 1.93. The van der Waals surface area contributed by atoms with Crippen molar-refractivity contribution in [3.8, 4) is 5.75 Å². The number of para-hydroxylation sites is 1. The number of hydrogen-bond donors (Lipinski definition) is 1. The van der Waals surface area contributed by atoms with E-state index >= 15 is 0 Å². The highest BCUT2D eigenvalue weighted by atomic mass is 16.5. The van der Waals surface area contributed by atoms with E-state index in [4.69, 9.17) is 0 Å². The Balaban J connectivity index is 3.13. The summed E-state index contributed by atoms with van der Waals surface area (Å²) in [5.74, 6) is -0.562. The smallest absolute Gasteiger partial charge is 0.341 e. The van der Waals surface area contributed by atoms with Gasteiger partial charge in [-0.05, 0) is 18.1 Å². The van der Waals surface area contributed by atoms with Crippen molar-refractivity contribution in [1.82, 2.24) is 0 Å². The van der Waals surface area contributed by atoms with Crippen LogP contribution >= 0.6 is 0 Å². The zero-order valence-corrected chi connectivity index (χ0v) is 7.99. The number of rotatable bonds is 3. The molecule has 0 unspecified atom stereocenters. The third-order valence-corrected chi connectivity index (χ3v) is 1.89. The van der Waals surface area contributed by atoms with Crippen molar-refractivity contribution in [3.63, 3.8) is 0 Å². The van der Waals surface area contributed by atoms with E-state index in [0.29, 0.717) is 12.0 Å². The van der Waals surface area contributed by atoms with E-state index in [2.05, 4.69) is 11.3 Å². The fourth-order valence-electron chi connectivity index (χ4n) is 1.19. The SMILES string of the molecule is C=CCc1cccc(C(=O)OC)c1O. The Morgan fingerprint density at radius 1 is 1.64 bits per heavy atom. The van der Waals surface area contributed by atoms with Crippen LogP contribution in [0.5, 0.6) is 5.75 Å². The van der Waals surface area contributed by atoms with Crippen molar-refractivity contribution >= 4 is 5.97 Å². The summed E-state index contributed by atoms with van der Waals surface area (Å²) in [5.41, 5.74) is 0.856. The molecule has 74 valence electrons. The third-order valence-electron chi connectivity index (χ3n) is 1.89. The molecular weight excluding hydrogens is 180 g/mol. The Morgan fingerprint density at radius 2 is 2.36 bits per heavy atom. The van der Waals surface area contributed by atoms with Gasteiger partial charge in [-0.1, -0.05) is 18.2 Å². The first-order valence-corrected chi connectivity index (χ1v) is 4.20. The normalized spacial score (nSPS) is 9.50. The van der Waals surface area contributed by atoms with E-state index in [1.807, 2.05) is 0 Å². The molecular formula is C11H12O3. The first kappa shape index (κ1) is 10.3. The molecule has 0 heterocycles. The Labute approximate surface area is 82.6 Å². The summed E-state index contributed by atoms with van der Waals surface area (Å²) in [6.45, 7) is 3.56. The van der Waals surface area contributed by atoms with Gasteiger partial charge in [-0.25, -0.2) is 4.79 Å². The Kier molecular flexibility index (Phi) is 3.29. The van der Waals surface area contributed by atoms with Crippen molar-refractivity contribution in [1.29, 1.82) is 0 Å². The van der Waals surface area contributed by atoms with Gasteiger partial charge in [0.1, 0.15) is 11.3 Å². The van der Waals surface area contributed by atoms with E-state index < -0.39 is 5.97 Å². The van der Waals surface area contributed by atoms with Crippen LogP contribution in [0.4, 0.5) is 0 Å². The van der Waals surface area contributed by atoms with Gasteiger partial charge in [0.05, 0.1) is 7.11 Å². The summed E-state index contributed by atoms with van der Waals surface area (Å²) in [5, 5.41) is 9.67. The molecule has 14 heavy (non-hydrogen) atoms. The highest BCUT2D eigenvalue weighted by Gasteiger charge is 2.13. The van der Waals surface area contributed by atoms with Crippen LogP contribution in [0.1, 0.15) is 15.9 Å². The first-order valence-electron chi connectivity index (χ1n) is 4.20. The molecule has 1 aromatic carbocycles. The minimum absolute atomic E-state index is 0.0285. The van der Waals surface area contributed by atoms with Crippen LogP contribution in [0, 0.1) is 0 Å². The molecule has 3 nitrogen and oxygen atoms in total. The van der Waals surface area contributed by atoms with Gasteiger partial charge in [0.15, 0.2) is 0 Å². The lowest BCUT2D eigenvalue weighted by Gasteiger charge is -2.06. The highest BCUT2D eigenvalue weighted by Crippen LogP contribution is 2.23. The number of phenols is 1. The predicted molar refractivity (Wildman–Crippen MR) is 53.3 cm³/mol. The van der Waals surface area contributed by atoms with Gasteiger partial charge in [0, 0.05) is 0 Å². The standard InChI is InChI=1S/C11H12O3/c1-3-5-8-6-4-7-9(10(8)12)11(13)14-2/h3-4,6-7,12H,1,5H2,2H3. The molecule has 0 aliphatic rings. The monoisotopic (exact) mass is 192 g/mol. The molecule has 0 aliphatic heterocycles. The van der Waals surface area contributed by atoms with Gasteiger partial charge < -0.3 is 9.84 Å². The van der Waals surface area contributed by atoms with Crippen molar-refractivity contribution in [2.75, 3.05) is 7.11 Å². The number of aromatic hydroxyl groups is 1. The van der Waals surface area contributed by atoms with Crippen LogP contribution in [0.15, 0.2) is 30.9 Å². The quantitative estimate of drug-likeness (QED) is 0.587. The fraction of sp³-hybridized carbons (Fsp3) is 0.182. The lowest BCUT2D eigenvalue weighted by molar-refractivity contribution is 0.0597. The molecule has 0 saturated carbocycles. The average molecular weight is 192 g/mol. The maximum atomic E-state index is 11.2. The molecule has 3 heteroatoms. The number of phenolic OH excluding ortho intramolecular Hbond substituents is 1. The summed E-state index contributed by atoms with van der Waals surface area (Å²) in [4.78, 5) is 11.2. The molecule has 0 aromatic heterocycles. The van der Waals surface area contributed by atoms with E-state index in [-0.39, 0.29) is 11.3 Å². The van der Waals surface area contributed by atoms with Gasteiger partial charge in [0.25, 0.3) is 0 Å². The maximum Gasteiger partial charge on any atom is 0.341 e. The summed E-state index contributed by atoms with van der Waals surface area (Å²) in [6, 6.07) is 4.96.